The van der Waals surface area contributed by atoms with E-state index < -0.39 is 5.91 Å². The SMILES string of the molecule is O=C(CN1C(=O)CCC1=O)Nc1cc(N2CCCCC2)ncn1. The standard InChI is InChI=1S/C15H19N5O3/c21-13(9-20-14(22)4-5-15(20)23)18-11-8-12(17-10-16-11)19-6-2-1-3-7-19/h8,10H,1-7,9H2,(H,16,17,18,21). The summed E-state index contributed by atoms with van der Waals surface area (Å²) in [5.41, 5.74) is 0. The minimum Gasteiger partial charge on any atom is -0.356 e. The molecule has 3 amide bonds. The van der Waals surface area contributed by atoms with Gasteiger partial charge in [0.2, 0.25) is 17.7 Å². The number of imide groups is 1. The largest absolute Gasteiger partial charge is 0.356 e. The lowest BCUT2D eigenvalue weighted by Gasteiger charge is -2.27. The second-order valence-corrected chi connectivity index (χ2v) is 5.73. The fourth-order valence-electron chi connectivity index (χ4n) is 2.84. The quantitative estimate of drug-likeness (QED) is 0.815. The van der Waals surface area contributed by atoms with E-state index in [0.29, 0.717) is 5.82 Å². The average molecular weight is 317 g/mol. The Kier molecular flexibility index (Phi) is 4.50. The van der Waals surface area contributed by atoms with Crippen molar-refractivity contribution in [2.75, 3.05) is 29.9 Å². The van der Waals surface area contributed by atoms with Gasteiger partial charge in [0.15, 0.2) is 0 Å². The summed E-state index contributed by atoms with van der Waals surface area (Å²) < 4.78 is 0. The van der Waals surface area contributed by atoms with Crippen molar-refractivity contribution in [1.29, 1.82) is 0 Å². The monoisotopic (exact) mass is 317 g/mol. The number of carbonyl (C=O) groups is 3. The minimum atomic E-state index is -0.433. The molecular formula is C15H19N5O3. The van der Waals surface area contributed by atoms with Gasteiger partial charge in [0, 0.05) is 32.0 Å². The molecule has 0 atom stereocenters. The summed E-state index contributed by atoms with van der Waals surface area (Å²) in [4.78, 5) is 46.5. The molecule has 0 aromatic carbocycles. The highest BCUT2D eigenvalue weighted by molar-refractivity contribution is 6.06. The topological polar surface area (TPSA) is 95.5 Å². The number of nitrogens with one attached hydrogen (secondary N) is 1. The van der Waals surface area contributed by atoms with Crippen molar-refractivity contribution in [2.45, 2.75) is 32.1 Å². The highest BCUT2D eigenvalue weighted by atomic mass is 16.2. The van der Waals surface area contributed by atoms with Gasteiger partial charge in [-0.25, -0.2) is 9.97 Å². The molecule has 2 aliphatic rings. The molecular weight excluding hydrogens is 298 g/mol. The molecule has 2 saturated heterocycles. The van der Waals surface area contributed by atoms with Crippen molar-refractivity contribution in [3.8, 4) is 0 Å². The zero-order valence-corrected chi connectivity index (χ0v) is 12.8. The van der Waals surface area contributed by atoms with Crippen molar-refractivity contribution < 1.29 is 14.4 Å². The lowest BCUT2D eigenvalue weighted by Crippen LogP contribution is -2.37. The highest BCUT2D eigenvalue weighted by Gasteiger charge is 2.30. The van der Waals surface area contributed by atoms with Crippen LogP contribution >= 0.6 is 0 Å². The number of piperidine rings is 1. The van der Waals surface area contributed by atoms with E-state index in [1.165, 1.54) is 12.7 Å². The molecule has 0 unspecified atom stereocenters. The van der Waals surface area contributed by atoms with Gasteiger partial charge in [0.25, 0.3) is 0 Å². The first-order valence-electron chi connectivity index (χ1n) is 7.83. The molecule has 1 aromatic rings. The third-order valence-electron chi connectivity index (χ3n) is 4.06. The molecule has 1 aromatic heterocycles. The van der Waals surface area contributed by atoms with Crippen molar-refractivity contribution in [3.63, 3.8) is 0 Å². The van der Waals surface area contributed by atoms with Crippen LogP contribution in [0.15, 0.2) is 12.4 Å². The van der Waals surface area contributed by atoms with Gasteiger partial charge in [-0.05, 0) is 19.3 Å². The number of carbonyl (C=O) groups excluding carboxylic acids is 3. The summed E-state index contributed by atoms with van der Waals surface area (Å²) in [5.74, 6) is 0.119. The van der Waals surface area contributed by atoms with Crippen LogP contribution in [-0.2, 0) is 14.4 Å². The van der Waals surface area contributed by atoms with Crippen molar-refractivity contribution in [1.82, 2.24) is 14.9 Å². The summed E-state index contributed by atoms with van der Waals surface area (Å²) in [6.07, 6.45) is 5.25. The number of amides is 3. The average Bonchev–Trinajstić information content (AvgIpc) is 2.88. The first-order valence-corrected chi connectivity index (χ1v) is 7.83. The first kappa shape index (κ1) is 15.4. The molecule has 23 heavy (non-hydrogen) atoms. The third kappa shape index (κ3) is 3.64. The van der Waals surface area contributed by atoms with E-state index in [0.717, 1.165) is 36.6 Å². The van der Waals surface area contributed by atoms with Gasteiger partial charge in [-0.1, -0.05) is 0 Å². The number of aromatic nitrogens is 2. The molecule has 122 valence electrons. The molecule has 0 saturated carbocycles. The number of anilines is 2. The van der Waals surface area contributed by atoms with Gasteiger partial charge in [0.1, 0.15) is 24.5 Å². The predicted octanol–water partition coefficient (Wildman–Crippen LogP) is 0.554. The van der Waals surface area contributed by atoms with Gasteiger partial charge < -0.3 is 10.2 Å². The molecule has 0 aliphatic carbocycles. The van der Waals surface area contributed by atoms with Gasteiger partial charge in [0.05, 0.1) is 0 Å². The molecule has 8 nitrogen and oxygen atoms in total. The minimum absolute atomic E-state index is 0.179. The normalized spacial score (nSPS) is 18.4. The molecule has 2 fully saturated rings. The van der Waals surface area contributed by atoms with E-state index in [2.05, 4.69) is 20.2 Å². The summed E-state index contributed by atoms with van der Waals surface area (Å²) in [7, 11) is 0. The molecule has 0 bridgehead atoms. The van der Waals surface area contributed by atoms with Crippen molar-refractivity contribution in [3.05, 3.63) is 12.4 Å². The predicted molar refractivity (Wildman–Crippen MR) is 82.7 cm³/mol. The summed E-state index contributed by atoms with van der Waals surface area (Å²) >= 11 is 0. The zero-order valence-electron chi connectivity index (χ0n) is 12.8. The fourth-order valence-corrected chi connectivity index (χ4v) is 2.84. The molecule has 0 spiro atoms. The second kappa shape index (κ2) is 6.72. The van der Waals surface area contributed by atoms with Crippen LogP contribution in [0.25, 0.3) is 0 Å². The van der Waals surface area contributed by atoms with Crippen LogP contribution in [0, 0.1) is 0 Å². The van der Waals surface area contributed by atoms with Gasteiger partial charge >= 0.3 is 0 Å². The van der Waals surface area contributed by atoms with E-state index in [1.54, 1.807) is 6.07 Å². The fraction of sp³-hybridized carbons (Fsp3) is 0.533. The number of nitrogens with zero attached hydrogens (tertiary/aromatic N) is 4. The van der Waals surface area contributed by atoms with Crippen LogP contribution in [0.2, 0.25) is 0 Å². The van der Waals surface area contributed by atoms with Crippen LogP contribution < -0.4 is 10.2 Å². The lowest BCUT2D eigenvalue weighted by molar-refractivity contribution is -0.141. The van der Waals surface area contributed by atoms with Crippen LogP contribution in [0.3, 0.4) is 0 Å². The Labute approximate surface area is 133 Å². The Morgan fingerprint density at radius 2 is 1.78 bits per heavy atom. The number of rotatable bonds is 4. The van der Waals surface area contributed by atoms with Crippen LogP contribution in [0.4, 0.5) is 11.6 Å². The maximum atomic E-state index is 12.0. The Balaban J connectivity index is 1.62. The zero-order chi connectivity index (χ0) is 16.2. The Hall–Kier alpha value is -2.51. The second-order valence-electron chi connectivity index (χ2n) is 5.73. The molecule has 0 radical (unpaired) electrons. The summed E-state index contributed by atoms with van der Waals surface area (Å²) in [5, 5.41) is 2.63. The highest BCUT2D eigenvalue weighted by Crippen LogP contribution is 2.19. The summed E-state index contributed by atoms with van der Waals surface area (Å²) in [6, 6.07) is 1.72. The van der Waals surface area contributed by atoms with E-state index >= 15 is 0 Å². The van der Waals surface area contributed by atoms with E-state index in [1.807, 2.05) is 0 Å². The molecule has 8 heteroatoms. The van der Waals surface area contributed by atoms with E-state index in [9.17, 15) is 14.4 Å². The third-order valence-corrected chi connectivity index (χ3v) is 4.06. The Morgan fingerprint density at radius 1 is 1.09 bits per heavy atom. The smallest absolute Gasteiger partial charge is 0.245 e. The number of likely N-dealkylation sites (tertiary alicyclic amines) is 1. The molecule has 3 heterocycles. The van der Waals surface area contributed by atoms with Gasteiger partial charge in [-0.2, -0.15) is 0 Å². The van der Waals surface area contributed by atoms with E-state index in [4.69, 9.17) is 0 Å². The van der Waals surface area contributed by atoms with E-state index in [-0.39, 0.29) is 31.2 Å². The lowest BCUT2D eigenvalue weighted by atomic mass is 10.1. The van der Waals surface area contributed by atoms with Crippen molar-refractivity contribution in [2.24, 2.45) is 0 Å². The first-order chi connectivity index (χ1) is 11.1. The van der Waals surface area contributed by atoms with Crippen LogP contribution in [0.1, 0.15) is 32.1 Å². The maximum Gasteiger partial charge on any atom is 0.245 e. The van der Waals surface area contributed by atoms with Crippen LogP contribution in [0.5, 0.6) is 0 Å². The van der Waals surface area contributed by atoms with Gasteiger partial charge in [-0.3, -0.25) is 19.3 Å². The molecule has 1 N–H and O–H groups in total. The van der Waals surface area contributed by atoms with Crippen LogP contribution in [-0.4, -0.2) is 52.2 Å². The van der Waals surface area contributed by atoms with Crippen molar-refractivity contribution >= 4 is 29.4 Å². The Morgan fingerprint density at radius 3 is 2.48 bits per heavy atom. The molecule has 2 aliphatic heterocycles. The molecule has 3 rings (SSSR count). The number of hydrogen-bond donors (Lipinski definition) is 1. The Bertz CT molecular complexity index is 611. The summed E-state index contributed by atoms with van der Waals surface area (Å²) in [6.45, 7) is 1.63. The van der Waals surface area contributed by atoms with Gasteiger partial charge in [-0.15, -0.1) is 0 Å². The maximum absolute atomic E-state index is 12.0. The number of hydrogen-bond acceptors (Lipinski definition) is 6.